The molecule has 1 nitrogen and oxygen atoms in total. The van der Waals surface area contributed by atoms with E-state index < -0.39 is 26.9 Å². The molecule has 0 bridgehead atoms. The largest absolute Gasteiger partial charge is 0.257 e. The maximum absolute atomic E-state index is 12.9. The number of alkyl halides is 2. The molecule has 6 heteroatoms. The van der Waals surface area contributed by atoms with E-state index in [0.717, 1.165) is 0 Å². The molecule has 0 amide bonds. The van der Waals surface area contributed by atoms with E-state index in [0.29, 0.717) is 0 Å². The Labute approximate surface area is 120 Å². The summed E-state index contributed by atoms with van der Waals surface area (Å²) in [6, 6.07) is 0. The molecule has 94 valence electrons. The highest BCUT2D eigenvalue weighted by molar-refractivity contribution is 9.14. The Morgan fingerprint density at radius 1 is 0.875 bits per heavy atom. The van der Waals surface area contributed by atoms with E-state index in [-0.39, 0.29) is 6.56 Å². The van der Waals surface area contributed by atoms with Crippen molar-refractivity contribution in [1.82, 2.24) is 0 Å². The van der Waals surface area contributed by atoms with Crippen LogP contribution in [0.25, 0.3) is 0 Å². The number of rotatable bonds is 2. The molecule has 0 N–H and O–H groups in total. The summed E-state index contributed by atoms with van der Waals surface area (Å²) in [4.78, 5) is 0. The summed E-state index contributed by atoms with van der Waals surface area (Å²) in [5, 5.41) is 0. The first-order chi connectivity index (χ1) is 6.86. The molecular formula is C10H20Br2OSSi2. The Hall–Kier alpha value is 1.28. The molecule has 1 aliphatic heterocycles. The summed E-state index contributed by atoms with van der Waals surface area (Å²) in [6.45, 7) is 13.5. The van der Waals surface area contributed by atoms with Crippen molar-refractivity contribution in [2.75, 3.05) is 0 Å². The van der Waals surface area contributed by atoms with Crippen LogP contribution < -0.4 is 0 Å². The smallest absolute Gasteiger partial charge is 0.109 e. The lowest BCUT2D eigenvalue weighted by Gasteiger charge is -2.39. The van der Waals surface area contributed by atoms with Crippen LogP contribution in [0, 0.1) is 0 Å². The van der Waals surface area contributed by atoms with Crippen LogP contribution in [0.15, 0.2) is 12.2 Å². The van der Waals surface area contributed by atoms with Gasteiger partial charge in [0.05, 0.1) is 26.9 Å². The van der Waals surface area contributed by atoms with E-state index in [2.05, 4.69) is 83.3 Å². The molecule has 1 aliphatic rings. The first kappa shape index (κ1) is 15.3. The van der Waals surface area contributed by atoms with E-state index in [1.165, 1.54) is 0 Å². The highest BCUT2D eigenvalue weighted by atomic mass is 79.9. The van der Waals surface area contributed by atoms with Crippen molar-refractivity contribution in [3.8, 4) is 0 Å². The number of hydrogen-bond acceptors (Lipinski definition) is 1. The Morgan fingerprint density at radius 2 is 1.12 bits per heavy atom. The van der Waals surface area contributed by atoms with Gasteiger partial charge in [0.1, 0.15) is 6.56 Å². The van der Waals surface area contributed by atoms with E-state index in [1.54, 1.807) is 0 Å². The lowest BCUT2D eigenvalue weighted by atomic mass is 10.6. The van der Waals surface area contributed by atoms with Gasteiger partial charge in [-0.1, -0.05) is 83.3 Å². The van der Waals surface area contributed by atoms with Gasteiger partial charge >= 0.3 is 0 Å². The Bertz CT molecular complexity index is 327. The van der Waals surface area contributed by atoms with Crippen molar-refractivity contribution in [3.63, 3.8) is 0 Å². The Balaban J connectivity index is 3.25. The summed E-state index contributed by atoms with van der Waals surface area (Å²) in [7, 11) is -4.04. The van der Waals surface area contributed by atoms with Crippen molar-refractivity contribution >= 4 is 58.8 Å². The third-order valence-electron chi connectivity index (χ3n) is 3.10. The van der Waals surface area contributed by atoms with Gasteiger partial charge in [0.15, 0.2) is 0 Å². The molecule has 0 aliphatic carbocycles. The Morgan fingerprint density at radius 3 is 1.25 bits per heavy atom. The lowest BCUT2D eigenvalue weighted by molar-refractivity contribution is 0.682. The van der Waals surface area contributed by atoms with Gasteiger partial charge in [-0.3, -0.25) is 4.21 Å². The van der Waals surface area contributed by atoms with Crippen molar-refractivity contribution in [2.45, 2.75) is 45.8 Å². The molecule has 0 fully saturated rings. The summed E-state index contributed by atoms with van der Waals surface area (Å²) >= 11 is 7.53. The van der Waals surface area contributed by atoms with Crippen LogP contribution in [-0.4, -0.2) is 26.9 Å². The molecule has 0 spiro atoms. The zero-order valence-electron chi connectivity index (χ0n) is 10.7. The van der Waals surface area contributed by atoms with Gasteiger partial charge in [-0.2, -0.15) is 0 Å². The molecule has 0 saturated carbocycles. The van der Waals surface area contributed by atoms with E-state index in [1.807, 2.05) is 0 Å². The molecule has 0 aromatic carbocycles. The fraction of sp³-hybridized carbons (Fsp3) is 0.800. The highest BCUT2D eigenvalue weighted by Gasteiger charge is 2.59. The van der Waals surface area contributed by atoms with Crippen LogP contribution >= 0.6 is 31.9 Å². The second-order valence-electron chi connectivity index (χ2n) is 6.39. The van der Waals surface area contributed by atoms with Gasteiger partial charge in [0, 0.05) is 0 Å². The summed E-state index contributed by atoms with van der Waals surface area (Å²) in [6.07, 6.45) is 4.28. The number of halogens is 2. The van der Waals surface area contributed by atoms with Gasteiger partial charge in [0.2, 0.25) is 0 Å². The van der Waals surface area contributed by atoms with Crippen molar-refractivity contribution < 1.29 is 4.21 Å². The minimum atomic E-state index is -1.56. The molecule has 0 aromatic heterocycles. The topological polar surface area (TPSA) is 17.1 Å². The van der Waals surface area contributed by atoms with Crippen LogP contribution in [0.1, 0.15) is 0 Å². The fourth-order valence-corrected chi connectivity index (χ4v) is 12.7. The van der Waals surface area contributed by atoms with Crippen LogP contribution in [-0.2, 0) is 10.8 Å². The van der Waals surface area contributed by atoms with Gasteiger partial charge in [-0.25, -0.2) is 0 Å². The summed E-state index contributed by atoms with van der Waals surface area (Å²) < 4.78 is 12.3. The van der Waals surface area contributed by atoms with Gasteiger partial charge < -0.3 is 0 Å². The summed E-state index contributed by atoms with van der Waals surface area (Å²) in [5.41, 5.74) is 0. The maximum Gasteiger partial charge on any atom is 0.109 e. The highest BCUT2D eigenvalue weighted by Crippen LogP contribution is 2.51. The van der Waals surface area contributed by atoms with Crippen LogP contribution in [0.3, 0.4) is 0 Å². The second kappa shape index (κ2) is 4.15. The monoisotopic (exact) mass is 402 g/mol. The fourth-order valence-electron chi connectivity index (χ4n) is 1.61. The quantitative estimate of drug-likeness (QED) is 0.382. The van der Waals surface area contributed by atoms with Crippen LogP contribution in [0.2, 0.25) is 39.3 Å². The van der Waals surface area contributed by atoms with Crippen molar-refractivity contribution in [2.24, 2.45) is 0 Å². The first-order valence-electron chi connectivity index (χ1n) is 5.36. The van der Waals surface area contributed by atoms with Crippen molar-refractivity contribution in [3.05, 3.63) is 12.2 Å². The molecular weight excluding hydrogens is 384 g/mol. The third kappa shape index (κ3) is 2.13. The predicted octanol–water partition coefficient (Wildman–Crippen LogP) is 4.24. The molecule has 3 atom stereocenters. The molecule has 0 aromatic rings. The standard InChI is InChI=1S/C10H20Br2OSSi2/c1-15(2,3)9(11)7-8-10(12,14(9)13)16(4,5)6/h7-8H,1-6H3/t9-,10+,14?. The molecule has 0 radical (unpaired) electrons. The maximum atomic E-state index is 12.9. The van der Waals surface area contributed by atoms with Crippen molar-refractivity contribution in [1.29, 1.82) is 0 Å². The molecule has 1 heterocycles. The third-order valence-corrected chi connectivity index (χ3v) is 23.1. The van der Waals surface area contributed by atoms with E-state index in [9.17, 15) is 4.21 Å². The van der Waals surface area contributed by atoms with E-state index >= 15 is 0 Å². The average Bonchev–Trinajstić information content (AvgIpc) is 2.30. The van der Waals surface area contributed by atoms with Gasteiger partial charge in [0.25, 0.3) is 0 Å². The SMILES string of the molecule is C[Si](C)(C)[C@@]1(Br)C=C[C@@](Br)([Si](C)(C)C)S1=O. The van der Waals surface area contributed by atoms with Gasteiger partial charge in [-0.05, 0) is 0 Å². The zero-order chi connectivity index (χ0) is 13.0. The molecule has 0 saturated heterocycles. The van der Waals surface area contributed by atoms with E-state index in [4.69, 9.17) is 0 Å². The number of hydrogen-bond donors (Lipinski definition) is 0. The minimum Gasteiger partial charge on any atom is -0.257 e. The second-order valence-corrected chi connectivity index (χ2v) is 24.5. The van der Waals surface area contributed by atoms with Gasteiger partial charge in [-0.15, -0.1) is 0 Å². The Kier molecular flexibility index (Phi) is 3.98. The average molecular weight is 404 g/mol. The minimum absolute atomic E-state index is 0.288. The zero-order valence-corrected chi connectivity index (χ0v) is 16.7. The summed E-state index contributed by atoms with van der Waals surface area (Å²) in [5.74, 6) is 0. The molecule has 1 unspecified atom stereocenters. The molecule has 16 heavy (non-hydrogen) atoms. The van der Waals surface area contributed by atoms with Crippen LogP contribution in [0.4, 0.5) is 0 Å². The lowest BCUT2D eigenvalue weighted by Crippen LogP contribution is -2.56. The normalized spacial score (nSPS) is 40.4. The predicted molar refractivity (Wildman–Crippen MR) is 87.3 cm³/mol. The first-order valence-corrected chi connectivity index (χ1v) is 15.1. The van der Waals surface area contributed by atoms with Crippen LogP contribution in [0.5, 0.6) is 0 Å². The molecule has 1 rings (SSSR count).